The molecule has 0 fully saturated rings. The molecule has 1 aromatic heterocycles. The third kappa shape index (κ3) is 2.61. The van der Waals surface area contributed by atoms with E-state index in [0.717, 1.165) is 37.1 Å². The summed E-state index contributed by atoms with van der Waals surface area (Å²) in [4.78, 5) is 15.1. The number of hydrogen-bond acceptors (Lipinski definition) is 2. The zero-order chi connectivity index (χ0) is 12.1. The Hall–Kier alpha value is -1.90. The van der Waals surface area contributed by atoms with Crippen molar-refractivity contribution in [2.45, 2.75) is 26.3 Å². The number of imidazole rings is 1. The fourth-order valence-corrected chi connectivity index (χ4v) is 1.81. The van der Waals surface area contributed by atoms with Gasteiger partial charge in [-0.15, -0.1) is 0 Å². The van der Waals surface area contributed by atoms with Gasteiger partial charge in [-0.2, -0.15) is 0 Å². The summed E-state index contributed by atoms with van der Waals surface area (Å²) in [5.74, 6) is 0.876. The largest absolute Gasteiger partial charge is 0.330 e. The molecule has 3 nitrogen and oxygen atoms in total. The lowest BCUT2D eigenvalue weighted by molar-refractivity contribution is 0.111. The first-order chi connectivity index (χ1) is 8.35. The Labute approximate surface area is 101 Å². The number of hydrogen-bond donors (Lipinski definition) is 0. The predicted octanol–water partition coefficient (Wildman–Crippen LogP) is 3.16. The second-order valence-corrected chi connectivity index (χ2v) is 4.02. The van der Waals surface area contributed by atoms with E-state index in [0.29, 0.717) is 5.69 Å². The lowest BCUT2D eigenvalue weighted by atomic mass is 10.2. The molecule has 0 unspecified atom stereocenters. The van der Waals surface area contributed by atoms with Crippen molar-refractivity contribution in [2.24, 2.45) is 0 Å². The first-order valence-corrected chi connectivity index (χ1v) is 5.93. The van der Waals surface area contributed by atoms with Crippen LogP contribution in [0, 0.1) is 0 Å². The van der Waals surface area contributed by atoms with Crippen molar-refractivity contribution in [2.75, 3.05) is 0 Å². The van der Waals surface area contributed by atoms with Crippen LogP contribution in [0.3, 0.4) is 0 Å². The molecule has 3 heteroatoms. The van der Waals surface area contributed by atoms with Gasteiger partial charge in [-0.3, -0.25) is 4.79 Å². The average Bonchev–Trinajstić information content (AvgIpc) is 2.80. The summed E-state index contributed by atoms with van der Waals surface area (Å²) in [5.41, 5.74) is 1.55. The highest BCUT2D eigenvalue weighted by atomic mass is 16.1. The topological polar surface area (TPSA) is 34.9 Å². The summed E-state index contributed by atoms with van der Waals surface area (Å²) in [5, 5.41) is 0. The number of benzene rings is 1. The number of aromatic nitrogens is 2. The number of aryl methyl sites for hydroxylation is 1. The third-order valence-corrected chi connectivity index (χ3v) is 2.70. The van der Waals surface area contributed by atoms with Gasteiger partial charge >= 0.3 is 0 Å². The highest BCUT2D eigenvalue weighted by Gasteiger charge is 2.08. The van der Waals surface area contributed by atoms with Crippen LogP contribution < -0.4 is 0 Å². The molecule has 0 aliphatic rings. The minimum absolute atomic E-state index is 0.500. The van der Waals surface area contributed by atoms with Gasteiger partial charge in [0.2, 0.25) is 0 Å². The monoisotopic (exact) mass is 228 g/mol. The SMILES string of the molecule is CCCCn1cc(C=O)nc1-c1ccccc1. The zero-order valence-electron chi connectivity index (χ0n) is 9.97. The van der Waals surface area contributed by atoms with Crippen LogP contribution in [0.4, 0.5) is 0 Å². The molecule has 88 valence electrons. The first kappa shape index (κ1) is 11.6. The number of nitrogens with zero attached hydrogens (tertiary/aromatic N) is 2. The van der Waals surface area contributed by atoms with Crippen molar-refractivity contribution >= 4 is 6.29 Å². The molecule has 17 heavy (non-hydrogen) atoms. The second kappa shape index (κ2) is 5.43. The molecular formula is C14H16N2O. The van der Waals surface area contributed by atoms with Crippen LogP contribution in [-0.4, -0.2) is 15.8 Å². The molecule has 1 aromatic carbocycles. The van der Waals surface area contributed by atoms with Crippen molar-refractivity contribution in [1.82, 2.24) is 9.55 Å². The summed E-state index contributed by atoms with van der Waals surface area (Å²) in [6, 6.07) is 9.96. The van der Waals surface area contributed by atoms with E-state index >= 15 is 0 Å². The molecule has 2 rings (SSSR count). The van der Waals surface area contributed by atoms with Gasteiger partial charge in [0, 0.05) is 18.3 Å². The molecule has 0 radical (unpaired) electrons. The van der Waals surface area contributed by atoms with Gasteiger partial charge in [0.25, 0.3) is 0 Å². The molecule has 0 atom stereocenters. The summed E-state index contributed by atoms with van der Waals surface area (Å²) >= 11 is 0. The van der Waals surface area contributed by atoms with Gasteiger partial charge in [-0.25, -0.2) is 4.98 Å². The number of unbranched alkanes of at least 4 members (excludes halogenated alkanes) is 1. The Morgan fingerprint density at radius 2 is 2.06 bits per heavy atom. The van der Waals surface area contributed by atoms with Crippen LogP contribution in [-0.2, 0) is 6.54 Å². The fraction of sp³-hybridized carbons (Fsp3) is 0.286. The van der Waals surface area contributed by atoms with E-state index in [1.165, 1.54) is 0 Å². The Morgan fingerprint density at radius 1 is 1.29 bits per heavy atom. The molecule has 0 amide bonds. The van der Waals surface area contributed by atoms with Crippen molar-refractivity contribution < 1.29 is 4.79 Å². The molecule has 0 saturated heterocycles. The zero-order valence-corrected chi connectivity index (χ0v) is 9.97. The van der Waals surface area contributed by atoms with Crippen LogP contribution in [0.1, 0.15) is 30.3 Å². The third-order valence-electron chi connectivity index (χ3n) is 2.70. The highest BCUT2D eigenvalue weighted by molar-refractivity contribution is 5.73. The van der Waals surface area contributed by atoms with E-state index in [1.54, 1.807) is 0 Å². The smallest absolute Gasteiger partial charge is 0.170 e. The van der Waals surface area contributed by atoms with Crippen molar-refractivity contribution in [3.8, 4) is 11.4 Å². The Balaban J connectivity index is 2.37. The Kier molecular flexibility index (Phi) is 3.70. The molecule has 0 N–H and O–H groups in total. The normalized spacial score (nSPS) is 10.4. The summed E-state index contributed by atoms with van der Waals surface area (Å²) < 4.78 is 2.06. The minimum Gasteiger partial charge on any atom is -0.330 e. The van der Waals surface area contributed by atoms with E-state index in [9.17, 15) is 4.79 Å². The van der Waals surface area contributed by atoms with E-state index in [4.69, 9.17) is 0 Å². The van der Waals surface area contributed by atoms with Gasteiger partial charge in [0.15, 0.2) is 6.29 Å². The van der Waals surface area contributed by atoms with Crippen LogP contribution >= 0.6 is 0 Å². The average molecular weight is 228 g/mol. The highest BCUT2D eigenvalue weighted by Crippen LogP contribution is 2.18. The standard InChI is InChI=1S/C14H16N2O/c1-2-3-9-16-10-13(11-17)15-14(16)12-7-5-4-6-8-12/h4-8,10-11H,2-3,9H2,1H3. The number of aldehydes is 1. The van der Waals surface area contributed by atoms with Gasteiger partial charge in [-0.1, -0.05) is 43.7 Å². The van der Waals surface area contributed by atoms with E-state index in [-0.39, 0.29) is 0 Å². The van der Waals surface area contributed by atoms with Crippen molar-refractivity contribution in [3.05, 3.63) is 42.2 Å². The molecule has 1 heterocycles. The quantitative estimate of drug-likeness (QED) is 0.737. The molecular weight excluding hydrogens is 212 g/mol. The summed E-state index contributed by atoms with van der Waals surface area (Å²) in [6.45, 7) is 3.06. The van der Waals surface area contributed by atoms with Gasteiger partial charge < -0.3 is 4.57 Å². The number of carbonyl (C=O) groups is 1. The van der Waals surface area contributed by atoms with Crippen molar-refractivity contribution in [1.29, 1.82) is 0 Å². The van der Waals surface area contributed by atoms with Gasteiger partial charge in [-0.05, 0) is 6.42 Å². The lowest BCUT2D eigenvalue weighted by Crippen LogP contribution is -1.98. The second-order valence-electron chi connectivity index (χ2n) is 4.02. The lowest BCUT2D eigenvalue weighted by Gasteiger charge is -2.06. The van der Waals surface area contributed by atoms with E-state index in [1.807, 2.05) is 36.5 Å². The minimum atomic E-state index is 0.500. The molecule has 0 bridgehead atoms. The van der Waals surface area contributed by atoms with Gasteiger partial charge in [0.1, 0.15) is 11.5 Å². The summed E-state index contributed by atoms with van der Waals surface area (Å²) in [6.07, 6.45) is 4.84. The predicted molar refractivity (Wildman–Crippen MR) is 68.0 cm³/mol. The maximum Gasteiger partial charge on any atom is 0.170 e. The van der Waals surface area contributed by atoms with Crippen LogP contribution in [0.5, 0.6) is 0 Å². The number of carbonyl (C=O) groups excluding carboxylic acids is 1. The van der Waals surface area contributed by atoms with Crippen LogP contribution in [0.25, 0.3) is 11.4 Å². The van der Waals surface area contributed by atoms with Crippen LogP contribution in [0.15, 0.2) is 36.5 Å². The molecule has 0 aliphatic carbocycles. The van der Waals surface area contributed by atoms with Crippen LogP contribution in [0.2, 0.25) is 0 Å². The molecule has 0 saturated carbocycles. The maximum absolute atomic E-state index is 10.8. The van der Waals surface area contributed by atoms with E-state index < -0.39 is 0 Å². The Bertz CT molecular complexity index is 488. The molecule has 0 spiro atoms. The maximum atomic E-state index is 10.8. The Morgan fingerprint density at radius 3 is 2.71 bits per heavy atom. The van der Waals surface area contributed by atoms with E-state index in [2.05, 4.69) is 16.5 Å². The fourth-order valence-electron chi connectivity index (χ4n) is 1.81. The van der Waals surface area contributed by atoms with Crippen molar-refractivity contribution in [3.63, 3.8) is 0 Å². The number of rotatable bonds is 5. The molecule has 0 aliphatic heterocycles. The summed E-state index contributed by atoms with van der Waals surface area (Å²) in [7, 11) is 0. The first-order valence-electron chi connectivity index (χ1n) is 5.93. The molecule has 2 aromatic rings. The van der Waals surface area contributed by atoms with Gasteiger partial charge in [0.05, 0.1) is 0 Å².